The van der Waals surface area contributed by atoms with Gasteiger partial charge in [0, 0.05) is 20.0 Å². The van der Waals surface area contributed by atoms with E-state index in [4.69, 9.17) is 0 Å². The van der Waals surface area contributed by atoms with E-state index in [9.17, 15) is 14.0 Å². The van der Waals surface area contributed by atoms with Gasteiger partial charge in [0.2, 0.25) is 11.8 Å². The number of carbonyl (C=O) groups is 2. The van der Waals surface area contributed by atoms with Crippen LogP contribution in [0.3, 0.4) is 0 Å². The minimum Gasteiger partial charge on any atom is -0.354 e. The minimum absolute atomic E-state index is 0.0196. The molecule has 4 nitrogen and oxygen atoms in total. The van der Waals surface area contributed by atoms with Crippen molar-refractivity contribution >= 4 is 11.8 Å². The zero-order chi connectivity index (χ0) is 17.4. The van der Waals surface area contributed by atoms with Gasteiger partial charge in [0.15, 0.2) is 0 Å². The standard InChI is InChI=1S/C19H25FN2O2/c1-15(23)22(13-17-7-9-18(20)10-8-17)14-19(24)21-12-11-16-5-3-2-4-6-16/h5,7-10H,2-4,6,11-14H2,1H3,(H,21,24). The zero-order valence-corrected chi connectivity index (χ0v) is 14.2. The Morgan fingerprint density at radius 2 is 1.96 bits per heavy atom. The Morgan fingerprint density at radius 1 is 1.21 bits per heavy atom. The number of allylic oxidation sites excluding steroid dienone is 1. The molecule has 1 aromatic rings. The number of rotatable bonds is 7. The summed E-state index contributed by atoms with van der Waals surface area (Å²) in [6.07, 6.45) is 7.90. The van der Waals surface area contributed by atoms with Crippen molar-refractivity contribution < 1.29 is 14.0 Å². The zero-order valence-electron chi connectivity index (χ0n) is 14.2. The number of carbonyl (C=O) groups excluding carboxylic acids is 2. The van der Waals surface area contributed by atoms with E-state index in [-0.39, 0.29) is 24.2 Å². The molecule has 0 aliphatic heterocycles. The predicted octanol–water partition coefficient (Wildman–Crippen LogP) is 3.18. The van der Waals surface area contributed by atoms with Crippen LogP contribution in [0.5, 0.6) is 0 Å². The van der Waals surface area contributed by atoms with E-state index in [0.29, 0.717) is 13.1 Å². The highest BCUT2D eigenvalue weighted by Gasteiger charge is 2.14. The molecule has 0 spiro atoms. The lowest BCUT2D eigenvalue weighted by molar-refractivity contribution is -0.134. The maximum atomic E-state index is 12.9. The Bertz CT molecular complexity index is 596. The molecule has 1 aliphatic rings. The third-order valence-electron chi connectivity index (χ3n) is 4.22. The Morgan fingerprint density at radius 3 is 2.58 bits per heavy atom. The summed E-state index contributed by atoms with van der Waals surface area (Å²) in [6.45, 7) is 2.36. The first-order chi connectivity index (χ1) is 11.5. The first-order valence-electron chi connectivity index (χ1n) is 8.49. The van der Waals surface area contributed by atoms with Crippen molar-refractivity contribution in [3.63, 3.8) is 0 Å². The van der Waals surface area contributed by atoms with Crippen molar-refractivity contribution in [2.45, 2.75) is 45.6 Å². The van der Waals surface area contributed by atoms with Crippen molar-refractivity contribution in [3.05, 3.63) is 47.3 Å². The number of halogens is 1. The summed E-state index contributed by atoms with van der Waals surface area (Å²) < 4.78 is 12.9. The minimum atomic E-state index is -0.317. The highest BCUT2D eigenvalue weighted by Crippen LogP contribution is 2.19. The summed E-state index contributed by atoms with van der Waals surface area (Å²) in [7, 11) is 0. The molecule has 0 saturated heterocycles. The number of amides is 2. The first-order valence-corrected chi connectivity index (χ1v) is 8.49. The van der Waals surface area contributed by atoms with Crippen molar-refractivity contribution in [3.8, 4) is 0 Å². The molecule has 0 atom stereocenters. The SMILES string of the molecule is CC(=O)N(CC(=O)NCCC1=CCCCC1)Cc1ccc(F)cc1. The van der Waals surface area contributed by atoms with Crippen LogP contribution in [-0.4, -0.2) is 29.8 Å². The topological polar surface area (TPSA) is 49.4 Å². The molecular formula is C19H25FN2O2. The summed E-state index contributed by atoms with van der Waals surface area (Å²) in [5.74, 6) is -0.656. The highest BCUT2D eigenvalue weighted by atomic mass is 19.1. The van der Waals surface area contributed by atoms with Crippen LogP contribution in [0.1, 0.15) is 44.6 Å². The van der Waals surface area contributed by atoms with Gasteiger partial charge in [-0.15, -0.1) is 0 Å². The largest absolute Gasteiger partial charge is 0.354 e. The fourth-order valence-corrected chi connectivity index (χ4v) is 2.81. The van der Waals surface area contributed by atoms with Gasteiger partial charge in [-0.2, -0.15) is 0 Å². The van der Waals surface area contributed by atoms with Crippen LogP contribution in [0, 0.1) is 5.82 Å². The number of benzene rings is 1. The van der Waals surface area contributed by atoms with E-state index in [1.165, 1.54) is 42.4 Å². The van der Waals surface area contributed by atoms with Crippen LogP contribution in [0.2, 0.25) is 0 Å². The molecule has 1 N–H and O–H groups in total. The molecule has 2 rings (SSSR count). The molecule has 0 bridgehead atoms. The van der Waals surface area contributed by atoms with Gasteiger partial charge in [-0.3, -0.25) is 9.59 Å². The number of nitrogens with zero attached hydrogens (tertiary/aromatic N) is 1. The quantitative estimate of drug-likeness (QED) is 0.780. The lowest BCUT2D eigenvalue weighted by atomic mass is 9.97. The lowest BCUT2D eigenvalue weighted by Crippen LogP contribution is -2.39. The summed E-state index contributed by atoms with van der Waals surface area (Å²) in [6, 6.07) is 5.95. The van der Waals surface area contributed by atoms with Crippen LogP contribution in [0.15, 0.2) is 35.9 Å². The summed E-state index contributed by atoms with van der Waals surface area (Å²) in [4.78, 5) is 25.3. The third-order valence-corrected chi connectivity index (χ3v) is 4.22. The maximum Gasteiger partial charge on any atom is 0.239 e. The van der Waals surface area contributed by atoms with Crippen LogP contribution < -0.4 is 5.32 Å². The van der Waals surface area contributed by atoms with Crippen LogP contribution in [0.25, 0.3) is 0 Å². The predicted molar refractivity (Wildman–Crippen MR) is 91.7 cm³/mol. The van der Waals surface area contributed by atoms with Crippen molar-refractivity contribution in [1.29, 1.82) is 0 Å². The van der Waals surface area contributed by atoms with Gasteiger partial charge in [-0.05, 0) is 49.8 Å². The summed E-state index contributed by atoms with van der Waals surface area (Å²) in [5.41, 5.74) is 2.21. The van der Waals surface area contributed by atoms with E-state index in [0.717, 1.165) is 24.8 Å². The number of nitrogens with one attached hydrogen (secondary N) is 1. The van der Waals surface area contributed by atoms with Gasteiger partial charge in [-0.1, -0.05) is 23.8 Å². The average molecular weight is 332 g/mol. The average Bonchev–Trinajstić information content (AvgIpc) is 2.57. The van der Waals surface area contributed by atoms with Crippen LogP contribution >= 0.6 is 0 Å². The van der Waals surface area contributed by atoms with Crippen LogP contribution in [0.4, 0.5) is 4.39 Å². The molecular weight excluding hydrogens is 307 g/mol. The Balaban J connectivity index is 1.78. The third kappa shape index (κ3) is 6.14. The second-order valence-electron chi connectivity index (χ2n) is 6.21. The van der Waals surface area contributed by atoms with Crippen LogP contribution in [-0.2, 0) is 16.1 Å². The molecule has 2 amide bonds. The fraction of sp³-hybridized carbons (Fsp3) is 0.474. The van der Waals surface area contributed by atoms with E-state index in [1.54, 1.807) is 12.1 Å². The molecule has 0 radical (unpaired) electrons. The normalized spacial score (nSPS) is 14.0. The number of hydrogen-bond acceptors (Lipinski definition) is 2. The monoisotopic (exact) mass is 332 g/mol. The van der Waals surface area contributed by atoms with Gasteiger partial charge < -0.3 is 10.2 Å². The molecule has 0 heterocycles. The molecule has 1 aromatic carbocycles. The van der Waals surface area contributed by atoms with Crippen molar-refractivity contribution in [1.82, 2.24) is 10.2 Å². The van der Waals surface area contributed by atoms with Crippen molar-refractivity contribution in [2.24, 2.45) is 0 Å². The van der Waals surface area contributed by atoms with Gasteiger partial charge >= 0.3 is 0 Å². The summed E-state index contributed by atoms with van der Waals surface area (Å²) in [5, 5.41) is 2.88. The molecule has 130 valence electrons. The van der Waals surface area contributed by atoms with Gasteiger partial charge in [0.05, 0.1) is 6.54 Å². The summed E-state index contributed by atoms with van der Waals surface area (Å²) >= 11 is 0. The Labute approximate surface area is 142 Å². The lowest BCUT2D eigenvalue weighted by Gasteiger charge is -2.21. The maximum absolute atomic E-state index is 12.9. The number of hydrogen-bond donors (Lipinski definition) is 1. The molecule has 0 unspecified atom stereocenters. The van der Waals surface area contributed by atoms with Crippen molar-refractivity contribution in [2.75, 3.05) is 13.1 Å². The Kier molecular flexibility index (Phi) is 6.97. The highest BCUT2D eigenvalue weighted by molar-refractivity contribution is 5.83. The van der Waals surface area contributed by atoms with E-state index in [1.807, 2.05) is 0 Å². The van der Waals surface area contributed by atoms with Gasteiger partial charge in [-0.25, -0.2) is 4.39 Å². The van der Waals surface area contributed by atoms with E-state index in [2.05, 4.69) is 11.4 Å². The van der Waals surface area contributed by atoms with E-state index >= 15 is 0 Å². The molecule has 5 heteroatoms. The second-order valence-corrected chi connectivity index (χ2v) is 6.21. The Hall–Kier alpha value is -2.17. The fourth-order valence-electron chi connectivity index (χ4n) is 2.81. The molecule has 0 fully saturated rings. The second kappa shape index (κ2) is 9.21. The molecule has 1 aliphatic carbocycles. The van der Waals surface area contributed by atoms with E-state index < -0.39 is 0 Å². The smallest absolute Gasteiger partial charge is 0.239 e. The molecule has 0 saturated carbocycles. The molecule has 0 aromatic heterocycles. The molecule has 24 heavy (non-hydrogen) atoms. The van der Waals surface area contributed by atoms with Gasteiger partial charge in [0.1, 0.15) is 5.82 Å². The first kappa shape index (κ1) is 18.2. The van der Waals surface area contributed by atoms with Gasteiger partial charge in [0.25, 0.3) is 0 Å².